The highest BCUT2D eigenvalue weighted by atomic mass is 32.1. The SMILES string of the molecule is Cc1csc(-c2nc3nc4ccccc4n3s2)c1. The number of aryl methyl sites for hydroxylation is 1. The maximum absolute atomic E-state index is 4.61. The molecule has 1 aromatic carbocycles. The fourth-order valence-corrected chi connectivity index (χ4v) is 3.89. The van der Waals surface area contributed by atoms with Gasteiger partial charge in [0.25, 0.3) is 0 Å². The van der Waals surface area contributed by atoms with E-state index in [2.05, 4.69) is 38.2 Å². The van der Waals surface area contributed by atoms with Crippen LogP contribution in [0.1, 0.15) is 5.56 Å². The second kappa shape index (κ2) is 3.63. The molecule has 0 unspecified atom stereocenters. The minimum Gasteiger partial charge on any atom is -0.229 e. The standard InChI is InChI=1S/C13H9N3S2/c1-8-6-11(17-7-8)12-15-13-14-9-4-2-3-5-10(9)16(13)18-12/h2-7H,1H3. The predicted octanol–water partition coefficient (Wildman–Crippen LogP) is 3.98. The topological polar surface area (TPSA) is 30.2 Å². The number of imidazole rings is 1. The third kappa shape index (κ3) is 1.41. The van der Waals surface area contributed by atoms with Crippen molar-refractivity contribution in [3.63, 3.8) is 0 Å². The molecule has 0 N–H and O–H groups in total. The predicted molar refractivity (Wildman–Crippen MR) is 76.4 cm³/mol. The first-order chi connectivity index (χ1) is 8.81. The summed E-state index contributed by atoms with van der Waals surface area (Å²) in [6, 6.07) is 10.3. The Hall–Kier alpha value is -1.72. The molecular formula is C13H9N3S2. The van der Waals surface area contributed by atoms with Gasteiger partial charge in [0.05, 0.1) is 15.9 Å². The Labute approximate surface area is 112 Å². The molecule has 0 saturated heterocycles. The number of aromatic nitrogens is 3. The molecule has 0 aliphatic heterocycles. The van der Waals surface area contributed by atoms with E-state index in [0.29, 0.717) is 0 Å². The fourth-order valence-electron chi connectivity index (χ4n) is 1.99. The number of rotatable bonds is 1. The molecule has 0 saturated carbocycles. The lowest BCUT2D eigenvalue weighted by Gasteiger charge is -1.88. The van der Waals surface area contributed by atoms with Gasteiger partial charge in [0, 0.05) is 0 Å². The number of hydrogen-bond acceptors (Lipinski definition) is 4. The molecular weight excluding hydrogens is 262 g/mol. The summed E-state index contributed by atoms with van der Waals surface area (Å²) in [4.78, 5) is 10.4. The maximum atomic E-state index is 4.61. The number of nitrogens with zero attached hydrogens (tertiary/aromatic N) is 3. The van der Waals surface area contributed by atoms with Crippen molar-refractivity contribution in [2.45, 2.75) is 6.92 Å². The van der Waals surface area contributed by atoms with Gasteiger partial charge >= 0.3 is 0 Å². The zero-order valence-corrected chi connectivity index (χ0v) is 11.3. The summed E-state index contributed by atoms with van der Waals surface area (Å²) in [5.74, 6) is 0.794. The van der Waals surface area contributed by atoms with Gasteiger partial charge in [-0.05, 0) is 47.6 Å². The van der Waals surface area contributed by atoms with Gasteiger partial charge in [0.1, 0.15) is 0 Å². The van der Waals surface area contributed by atoms with E-state index >= 15 is 0 Å². The van der Waals surface area contributed by atoms with Gasteiger partial charge in [-0.1, -0.05) is 12.1 Å². The molecule has 5 heteroatoms. The van der Waals surface area contributed by atoms with Crippen LogP contribution in [0, 0.1) is 6.92 Å². The summed E-state index contributed by atoms with van der Waals surface area (Å²) in [5, 5.41) is 3.19. The summed E-state index contributed by atoms with van der Waals surface area (Å²) in [7, 11) is 0. The van der Waals surface area contributed by atoms with Gasteiger partial charge in [-0.15, -0.1) is 11.3 Å². The van der Waals surface area contributed by atoms with Gasteiger partial charge in [0.15, 0.2) is 5.01 Å². The largest absolute Gasteiger partial charge is 0.246 e. The van der Waals surface area contributed by atoms with Crippen LogP contribution in [-0.2, 0) is 0 Å². The van der Waals surface area contributed by atoms with Gasteiger partial charge in [-0.25, -0.2) is 8.77 Å². The van der Waals surface area contributed by atoms with Crippen LogP contribution in [0.3, 0.4) is 0 Å². The Kier molecular flexibility index (Phi) is 2.06. The van der Waals surface area contributed by atoms with Crippen molar-refractivity contribution in [1.29, 1.82) is 0 Å². The first kappa shape index (κ1) is 10.2. The highest BCUT2D eigenvalue weighted by Crippen LogP contribution is 2.31. The Morgan fingerprint density at radius 2 is 2.06 bits per heavy atom. The maximum Gasteiger partial charge on any atom is 0.246 e. The Bertz CT molecular complexity index is 853. The third-order valence-electron chi connectivity index (χ3n) is 2.82. The van der Waals surface area contributed by atoms with E-state index < -0.39 is 0 Å². The van der Waals surface area contributed by atoms with Crippen LogP contribution in [0.2, 0.25) is 0 Å². The highest BCUT2D eigenvalue weighted by Gasteiger charge is 2.12. The molecule has 3 heterocycles. The molecule has 0 radical (unpaired) electrons. The molecule has 0 bridgehead atoms. The summed E-state index contributed by atoms with van der Waals surface area (Å²) in [6.45, 7) is 2.11. The summed E-state index contributed by atoms with van der Waals surface area (Å²) < 4.78 is 2.10. The zero-order valence-electron chi connectivity index (χ0n) is 9.62. The first-order valence-corrected chi connectivity index (χ1v) is 7.26. The molecule has 4 rings (SSSR count). The molecule has 18 heavy (non-hydrogen) atoms. The van der Waals surface area contributed by atoms with Crippen molar-refractivity contribution < 1.29 is 0 Å². The quantitative estimate of drug-likeness (QED) is 0.524. The van der Waals surface area contributed by atoms with Crippen molar-refractivity contribution >= 4 is 39.7 Å². The van der Waals surface area contributed by atoms with Crippen molar-refractivity contribution in [3.05, 3.63) is 41.3 Å². The normalized spacial score (nSPS) is 11.6. The Balaban J connectivity index is 1.99. The summed E-state index contributed by atoms with van der Waals surface area (Å²) in [6.07, 6.45) is 0. The van der Waals surface area contributed by atoms with E-state index in [0.717, 1.165) is 21.8 Å². The number of hydrogen-bond donors (Lipinski definition) is 0. The Morgan fingerprint density at radius 1 is 1.17 bits per heavy atom. The lowest BCUT2D eigenvalue weighted by atomic mass is 10.3. The average molecular weight is 271 g/mol. The van der Waals surface area contributed by atoms with E-state index in [1.54, 1.807) is 22.9 Å². The molecule has 0 aliphatic carbocycles. The van der Waals surface area contributed by atoms with Crippen molar-refractivity contribution in [3.8, 4) is 9.88 Å². The second-order valence-electron chi connectivity index (χ2n) is 4.19. The van der Waals surface area contributed by atoms with Gasteiger partial charge in [-0.2, -0.15) is 4.98 Å². The van der Waals surface area contributed by atoms with Gasteiger partial charge in [-0.3, -0.25) is 0 Å². The van der Waals surface area contributed by atoms with E-state index in [1.807, 2.05) is 18.2 Å². The lowest BCUT2D eigenvalue weighted by molar-refractivity contribution is 1.30. The van der Waals surface area contributed by atoms with Crippen LogP contribution in [-0.4, -0.2) is 13.8 Å². The van der Waals surface area contributed by atoms with Crippen molar-refractivity contribution in [1.82, 2.24) is 13.8 Å². The van der Waals surface area contributed by atoms with Crippen LogP contribution in [0.4, 0.5) is 0 Å². The van der Waals surface area contributed by atoms with Crippen LogP contribution in [0.5, 0.6) is 0 Å². The number of para-hydroxylation sites is 2. The van der Waals surface area contributed by atoms with E-state index in [1.165, 1.54) is 10.4 Å². The molecule has 0 spiro atoms. The Morgan fingerprint density at radius 3 is 2.89 bits per heavy atom. The molecule has 0 amide bonds. The van der Waals surface area contributed by atoms with Gasteiger partial charge in [0.2, 0.25) is 5.78 Å². The molecule has 0 aliphatic rings. The zero-order chi connectivity index (χ0) is 12.1. The highest BCUT2D eigenvalue weighted by molar-refractivity contribution is 7.19. The third-order valence-corrected chi connectivity index (χ3v) is 5.03. The summed E-state index contributed by atoms with van der Waals surface area (Å²) in [5.41, 5.74) is 3.42. The minimum absolute atomic E-state index is 0.794. The number of benzene rings is 1. The average Bonchev–Trinajstić information content (AvgIpc) is 3.01. The van der Waals surface area contributed by atoms with E-state index in [-0.39, 0.29) is 0 Å². The number of fused-ring (bicyclic) bond motifs is 3. The molecule has 3 aromatic heterocycles. The smallest absolute Gasteiger partial charge is 0.229 e. The second-order valence-corrected chi connectivity index (χ2v) is 6.04. The molecule has 3 nitrogen and oxygen atoms in total. The number of thiophene rings is 1. The van der Waals surface area contributed by atoms with Crippen LogP contribution >= 0.6 is 22.9 Å². The molecule has 88 valence electrons. The van der Waals surface area contributed by atoms with Crippen LogP contribution < -0.4 is 0 Å². The first-order valence-electron chi connectivity index (χ1n) is 5.61. The van der Waals surface area contributed by atoms with Crippen LogP contribution in [0.25, 0.3) is 26.7 Å². The van der Waals surface area contributed by atoms with Crippen molar-refractivity contribution in [2.75, 3.05) is 0 Å². The molecule has 4 aromatic rings. The van der Waals surface area contributed by atoms with Gasteiger partial charge < -0.3 is 0 Å². The van der Waals surface area contributed by atoms with E-state index in [4.69, 9.17) is 0 Å². The molecule has 0 atom stereocenters. The molecule has 0 fully saturated rings. The minimum atomic E-state index is 0.794. The van der Waals surface area contributed by atoms with Crippen LogP contribution in [0.15, 0.2) is 35.7 Å². The fraction of sp³-hybridized carbons (Fsp3) is 0.0769. The summed E-state index contributed by atoms with van der Waals surface area (Å²) >= 11 is 3.39. The van der Waals surface area contributed by atoms with Crippen molar-refractivity contribution in [2.24, 2.45) is 0 Å². The van der Waals surface area contributed by atoms with E-state index in [9.17, 15) is 0 Å². The monoisotopic (exact) mass is 271 g/mol. The lowest BCUT2D eigenvalue weighted by Crippen LogP contribution is -1.72.